The highest BCUT2D eigenvalue weighted by Crippen LogP contribution is 2.31. The van der Waals surface area contributed by atoms with Crippen molar-refractivity contribution in [1.82, 2.24) is 38.6 Å². The molecule has 92 heavy (non-hydrogen) atoms. The second-order valence-electron chi connectivity index (χ2n) is 19.9. The molecule has 0 spiro atoms. The number of ether oxygens (including phenoxy) is 1. The smallest absolute Gasteiger partial charge is 0.160 e. The van der Waals surface area contributed by atoms with E-state index in [9.17, 15) is 20.4 Å². The van der Waals surface area contributed by atoms with Crippen LogP contribution in [-0.4, -0.2) is 66.2 Å². The zero-order valence-corrected chi connectivity index (χ0v) is 51.5. The normalized spacial score (nSPS) is 10.2. The third-order valence-electron chi connectivity index (χ3n) is 13.8. The van der Waals surface area contributed by atoms with E-state index in [2.05, 4.69) is 60.1 Å². The molecule has 0 aliphatic rings. The number of nitrogens with zero attached hydrogens (tertiary/aromatic N) is 16. The van der Waals surface area contributed by atoms with Gasteiger partial charge in [0.2, 0.25) is 0 Å². The van der Waals surface area contributed by atoms with Gasteiger partial charge in [-0.1, -0.05) is 41.9 Å². The largest absolute Gasteiger partial charge is 0.508 e. The Hall–Kier alpha value is -12.5. The van der Waals surface area contributed by atoms with Gasteiger partial charge in [-0.15, -0.1) is 0 Å². The summed E-state index contributed by atoms with van der Waals surface area (Å²) in [4.78, 5) is 16.4. The summed E-state index contributed by atoms with van der Waals surface area (Å²) in [5.41, 5.74) is 10.1. The molecule has 0 saturated carbocycles. The minimum absolute atomic E-state index is 0.0583. The summed E-state index contributed by atoms with van der Waals surface area (Å²) in [6, 6.07) is 60.7. The Bertz CT molecular complexity index is 4310. The highest BCUT2D eigenvalue weighted by atomic mass is 79.9. The second-order valence-corrected chi connectivity index (χ2v) is 21.1. The lowest BCUT2D eigenvalue weighted by Gasteiger charge is -2.26. The van der Waals surface area contributed by atoms with Crippen LogP contribution in [0.15, 0.2) is 255 Å². The molecule has 0 radical (unpaired) electrons. The number of halogens is 2. The van der Waals surface area contributed by atoms with Crippen LogP contribution in [0.1, 0.15) is 44.5 Å². The summed E-state index contributed by atoms with van der Waals surface area (Å²) < 4.78 is 13.3. The molecular formula is C69H56BrClN16O5. The van der Waals surface area contributed by atoms with Crippen LogP contribution < -0.4 is 24.8 Å². The third-order valence-corrected chi connectivity index (χ3v) is 14.7. The first-order valence-electron chi connectivity index (χ1n) is 27.9. The standard InChI is InChI=1S/C18H16N4O2.C17H13BrN4O.C17H13ClN4O.C17H14N4O/c1-24-18-10-15(4-7-17(18)23)12-22(21-9-8-20-13-21)16-5-2-14(11-19)3-6-16;2*18-16-9-14(3-6-17(16)23)11-22(21-8-7-20-12-21)15-4-1-13(10-19)2-5-15;18-11-14-1-5-16(6-2-14)21(20-10-9-19-13-20)12-15-3-7-17(22)8-4-15/h2-10,13,23H,12H2,1H3;2*1-9,12,23H,11H2;1-10,13,22H,12H2. The van der Waals surface area contributed by atoms with Crippen molar-refractivity contribution in [3.63, 3.8) is 0 Å². The van der Waals surface area contributed by atoms with Crippen molar-refractivity contribution in [3.8, 4) is 53.0 Å². The van der Waals surface area contributed by atoms with Crippen LogP contribution in [0.5, 0.6) is 28.7 Å². The number of benzene rings is 8. The van der Waals surface area contributed by atoms with Gasteiger partial charge >= 0.3 is 0 Å². The molecule has 21 nitrogen and oxygen atoms in total. The van der Waals surface area contributed by atoms with Gasteiger partial charge in [0.1, 0.15) is 42.6 Å². The van der Waals surface area contributed by atoms with E-state index < -0.39 is 0 Å². The summed E-state index contributed by atoms with van der Waals surface area (Å²) >= 11 is 9.32. The van der Waals surface area contributed by atoms with Gasteiger partial charge in [-0.25, -0.2) is 38.6 Å². The Kier molecular flexibility index (Phi) is 21.9. The van der Waals surface area contributed by atoms with Crippen molar-refractivity contribution >= 4 is 50.3 Å². The van der Waals surface area contributed by atoms with Gasteiger partial charge in [0.25, 0.3) is 0 Å². The average Bonchev–Trinajstić information content (AvgIpc) is 2.05. The molecule has 0 aliphatic carbocycles. The van der Waals surface area contributed by atoms with Gasteiger partial charge in [-0.2, -0.15) is 21.0 Å². The number of aromatic nitrogens is 8. The third kappa shape index (κ3) is 17.2. The van der Waals surface area contributed by atoms with Gasteiger partial charge in [0.15, 0.2) is 11.5 Å². The van der Waals surface area contributed by atoms with E-state index >= 15 is 0 Å². The van der Waals surface area contributed by atoms with E-state index in [1.807, 2.05) is 148 Å². The maximum absolute atomic E-state index is 9.74. The van der Waals surface area contributed by atoms with Crippen LogP contribution in [0.25, 0.3) is 0 Å². The van der Waals surface area contributed by atoms with Crippen LogP contribution in [0.3, 0.4) is 0 Å². The van der Waals surface area contributed by atoms with Crippen LogP contribution >= 0.6 is 27.5 Å². The molecule has 4 heterocycles. The van der Waals surface area contributed by atoms with Crippen LogP contribution in [0, 0.1) is 45.3 Å². The van der Waals surface area contributed by atoms with Crippen molar-refractivity contribution < 1.29 is 25.2 Å². The Morgan fingerprint density at radius 3 is 1.01 bits per heavy atom. The van der Waals surface area contributed by atoms with Crippen LogP contribution in [0.4, 0.5) is 22.7 Å². The number of nitriles is 4. The summed E-state index contributed by atoms with van der Waals surface area (Å²) in [7, 11) is 1.52. The topological polar surface area (TPSA) is 270 Å². The predicted octanol–water partition coefficient (Wildman–Crippen LogP) is 13.1. The SMILES string of the molecule is COc1cc(CN(c2ccc(C#N)cc2)n2ccnc2)ccc1O.N#Cc1ccc(N(Cc2ccc(O)c(Br)c2)n2ccnc2)cc1.N#Cc1ccc(N(Cc2ccc(O)c(Cl)c2)n2ccnc2)cc1.N#Cc1ccc(N(Cc2ccc(O)cc2)n2ccnc2)cc1. The van der Waals surface area contributed by atoms with Crippen molar-refractivity contribution in [2.24, 2.45) is 0 Å². The van der Waals surface area contributed by atoms with E-state index in [0.717, 1.165) is 45.0 Å². The number of anilines is 4. The minimum Gasteiger partial charge on any atom is -0.508 e. The molecule has 0 unspecified atom stereocenters. The van der Waals surface area contributed by atoms with Gasteiger partial charge in [0.05, 0.1) is 112 Å². The summed E-state index contributed by atoms with van der Waals surface area (Å²) in [5, 5.41) is 82.4. The fraction of sp³-hybridized carbons (Fsp3) is 0.0725. The maximum Gasteiger partial charge on any atom is 0.160 e. The first-order chi connectivity index (χ1) is 44.8. The Labute approximate surface area is 543 Å². The first kappa shape index (κ1) is 64.0. The number of phenolic OH excluding ortho intramolecular Hbond substituents is 4. The van der Waals surface area contributed by atoms with Gasteiger partial charge in [-0.3, -0.25) is 20.0 Å². The Morgan fingerprint density at radius 2 is 0.707 bits per heavy atom. The van der Waals surface area contributed by atoms with E-state index in [1.165, 1.54) is 7.11 Å². The monoisotopic (exact) mass is 1300 g/mol. The van der Waals surface area contributed by atoms with Crippen molar-refractivity contribution in [2.45, 2.75) is 26.2 Å². The van der Waals surface area contributed by atoms with Gasteiger partial charge < -0.3 is 25.2 Å². The number of phenols is 4. The minimum atomic E-state index is 0.0583. The van der Waals surface area contributed by atoms with Crippen LogP contribution in [0.2, 0.25) is 5.02 Å². The quantitative estimate of drug-likeness (QED) is 0.0660. The molecule has 12 aromatic rings. The lowest BCUT2D eigenvalue weighted by Crippen LogP contribution is -2.27. The van der Waals surface area contributed by atoms with E-state index in [-0.39, 0.29) is 23.0 Å². The molecule has 0 aliphatic heterocycles. The van der Waals surface area contributed by atoms with E-state index in [4.69, 9.17) is 37.4 Å². The number of imidazole rings is 4. The molecular weight excluding hydrogens is 1250 g/mol. The molecule has 4 aromatic heterocycles. The molecule has 0 amide bonds. The molecule has 0 fully saturated rings. The number of rotatable bonds is 17. The summed E-state index contributed by atoms with van der Waals surface area (Å²) in [5.74, 6) is 1.05. The fourth-order valence-corrected chi connectivity index (χ4v) is 9.68. The van der Waals surface area contributed by atoms with Gasteiger partial charge in [-0.05, 0) is 184 Å². The van der Waals surface area contributed by atoms with E-state index in [0.29, 0.717) is 63.7 Å². The Morgan fingerprint density at radius 1 is 0.402 bits per heavy atom. The lowest BCUT2D eigenvalue weighted by atomic mass is 10.1. The Balaban J connectivity index is 0.000000145. The number of hydrogen-bond donors (Lipinski definition) is 4. The number of methoxy groups -OCH3 is 1. The molecule has 0 atom stereocenters. The van der Waals surface area contributed by atoms with Crippen molar-refractivity contribution in [2.75, 3.05) is 27.1 Å². The van der Waals surface area contributed by atoms with Crippen LogP contribution in [-0.2, 0) is 26.2 Å². The zero-order valence-electron chi connectivity index (χ0n) is 49.1. The number of aromatic hydroxyl groups is 4. The second kappa shape index (κ2) is 31.4. The number of hydrogen-bond acceptors (Lipinski definition) is 17. The predicted molar refractivity (Wildman–Crippen MR) is 352 cm³/mol. The molecule has 23 heteroatoms. The molecule has 0 saturated heterocycles. The van der Waals surface area contributed by atoms with Crippen molar-refractivity contribution in [3.05, 3.63) is 305 Å². The highest BCUT2D eigenvalue weighted by molar-refractivity contribution is 9.10. The van der Waals surface area contributed by atoms with E-state index in [1.54, 1.807) is 141 Å². The molecule has 8 aromatic carbocycles. The zero-order chi connectivity index (χ0) is 64.8. The first-order valence-corrected chi connectivity index (χ1v) is 29.1. The molecule has 12 rings (SSSR count). The highest BCUT2D eigenvalue weighted by Gasteiger charge is 2.16. The van der Waals surface area contributed by atoms with Crippen molar-refractivity contribution in [1.29, 1.82) is 21.0 Å². The molecule has 456 valence electrons. The molecule has 4 N–H and O–H groups in total. The fourth-order valence-electron chi connectivity index (χ4n) is 9.05. The lowest BCUT2D eigenvalue weighted by molar-refractivity contribution is 0.373. The molecule has 0 bridgehead atoms. The van der Waals surface area contributed by atoms with Gasteiger partial charge in [0, 0.05) is 49.6 Å². The summed E-state index contributed by atoms with van der Waals surface area (Å²) in [6.07, 6.45) is 21.1. The maximum atomic E-state index is 9.74. The summed E-state index contributed by atoms with van der Waals surface area (Å²) in [6.45, 7) is 2.27. The average molecular weight is 1300 g/mol.